The number of rotatable bonds is 6. The number of hydrogen-bond acceptors (Lipinski definition) is 8. The average Bonchev–Trinajstić information content (AvgIpc) is 3.12. The van der Waals surface area contributed by atoms with E-state index in [0.29, 0.717) is 37.4 Å². The Balaban J connectivity index is 1.53. The van der Waals surface area contributed by atoms with Crippen molar-refractivity contribution in [2.24, 2.45) is 0 Å². The number of aliphatic hydroxyl groups excluding tert-OH is 1. The predicted molar refractivity (Wildman–Crippen MR) is 109 cm³/mol. The predicted octanol–water partition coefficient (Wildman–Crippen LogP) is 2.28. The van der Waals surface area contributed by atoms with Gasteiger partial charge in [-0.3, -0.25) is 0 Å². The van der Waals surface area contributed by atoms with E-state index in [-0.39, 0.29) is 43.4 Å². The fourth-order valence-electron chi connectivity index (χ4n) is 3.76. The molecule has 0 aromatic carbocycles. The fraction of sp³-hybridized carbons (Fsp3) is 0.600. The number of likely N-dealkylation sites (tertiary alicyclic amines) is 1. The molecular formula is C20H26F2N6O4. The first-order valence-corrected chi connectivity index (χ1v) is 10.5. The molecule has 0 unspecified atom stereocenters. The Hall–Kier alpha value is -3.02. The first kappa shape index (κ1) is 22.2. The molecule has 1 saturated heterocycles. The highest BCUT2D eigenvalue weighted by Gasteiger charge is 2.36. The van der Waals surface area contributed by atoms with Crippen LogP contribution in [-0.2, 0) is 11.3 Å². The molecule has 2 aromatic rings. The van der Waals surface area contributed by atoms with Gasteiger partial charge >= 0.3 is 6.09 Å². The lowest BCUT2D eigenvalue weighted by Crippen LogP contribution is -2.56. The lowest BCUT2D eigenvalue weighted by Gasteiger charge is -2.37. The van der Waals surface area contributed by atoms with Crippen molar-refractivity contribution < 1.29 is 28.2 Å². The zero-order chi connectivity index (χ0) is 22.9. The highest BCUT2D eigenvalue weighted by atomic mass is 19.3. The third kappa shape index (κ3) is 4.90. The SMILES string of the molecule is COC(=O)N1CC(Oc2cc(NC3CCC(F)(F)CC3)nc(-n3cc(C)c(CO)n3)n2)C1. The maximum Gasteiger partial charge on any atom is 0.409 e. The van der Waals surface area contributed by atoms with Crippen LogP contribution in [0.5, 0.6) is 5.88 Å². The molecule has 2 fully saturated rings. The Morgan fingerprint density at radius 3 is 2.66 bits per heavy atom. The van der Waals surface area contributed by atoms with Crippen LogP contribution in [0.1, 0.15) is 36.9 Å². The molecule has 0 bridgehead atoms. The van der Waals surface area contributed by atoms with Crippen molar-refractivity contribution in [2.75, 3.05) is 25.5 Å². The van der Waals surface area contributed by atoms with Crippen molar-refractivity contribution in [3.63, 3.8) is 0 Å². The molecule has 0 spiro atoms. The van der Waals surface area contributed by atoms with Crippen LogP contribution in [0.2, 0.25) is 0 Å². The van der Waals surface area contributed by atoms with Gasteiger partial charge in [0.25, 0.3) is 5.95 Å². The number of nitrogens with one attached hydrogen (secondary N) is 1. The molecule has 2 aromatic heterocycles. The number of ether oxygens (including phenoxy) is 2. The molecular weight excluding hydrogens is 426 g/mol. The number of aryl methyl sites for hydroxylation is 1. The summed E-state index contributed by atoms with van der Waals surface area (Å²) in [5.41, 5.74) is 1.27. The van der Waals surface area contributed by atoms with E-state index in [9.17, 15) is 18.7 Å². The third-order valence-corrected chi connectivity index (χ3v) is 5.68. The number of carbonyl (C=O) groups excluding carboxylic acids is 1. The number of carbonyl (C=O) groups is 1. The molecule has 4 rings (SSSR count). The molecule has 1 aliphatic heterocycles. The number of methoxy groups -OCH3 is 1. The molecule has 10 nitrogen and oxygen atoms in total. The Bertz CT molecular complexity index is 969. The first-order valence-electron chi connectivity index (χ1n) is 10.5. The van der Waals surface area contributed by atoms with E-state index in [1.807, 2.05) is 6.92 Å². The number of anilines is 1. The van der Waals surface area contributed by atoms with E-state index in [2.05, 4.69) is 25.1 Å². The standard InChI is InChI=1S/C20H26F2N6O4/c1-12-8-28(26-15(12)11-29)18-24-16(23-13-3-5-20(21,22)6-4-13)7-17(25-18)32-14-9-27(10-14)19(30)31-2/h7-8,13-14,29H,3-6,9-11H2,1-2H3,(H,23,24,25). The molecule has 2 aliphatic rings. The molecule has 3 heterocycles. The van der Waals surface area contributed by atoms with Crippen LogP contribution in [0.25, 0.3) is 5.95 Å². The zero-order valence-electron chi connectivity index (χ0n) is 17.9. The lowest BCUT2D eigenvalue weighted by molar-refractivity contribution is -0.0361. The normalized spacial score (nSPS) is 18.8. The largest absolute Gasteiger partial charge is 0.470 e. The summed E-state index contributed by atoms with van der Waals surface area (Å²) in [4.78, 5) is 21.9. The zero-order valence-corrected chi connectivity index (χ0v) is 17.9. The maximum atomic E-state index is 13.5. The molecule has 12 heteroatoms. The van der Waals surface area contributed by atoms with Gasteiger partial charge < -0.3 is 24.8 Å². The Morgan fingerprint density at radius 1 is 1.31 bits per heavy atom. The van der Waals surface area contributed by atoms with Crippen LogP contribution in [-0.4, -0.2) is 74.1 Å². The van der Waals surface area contributed by atoms with Gasteiger partial charge in [-0.25, -0.2) is 18.3 Å². The fourth-order valence-corrected chi connectivity index (χ4v) is 3.76. The van der Waals surface area contributed by atoms with Crippen LogP contribution in [0, 0.1) is 6.92 Å². The molecule has 1 amide bonds. The summed E-state index contributed by atoms with van der Waals surface area (Å²) in [5, 5.41) is 16.9. The van der Waals surface area contributed by atoms with Crippen molar-refractivity contribution in [2.45, 2.75) is 57.3 Å². The van der Waals surface area contributed by atoms with E-state index >= 15 is 0 Å². The minimum absolute atomic E-state index is 0.142. The summed E-state index contributed by atoms with van der Waals surface area (Å²) in [7, 11) is 1.32. The summed E-state index contributed by atoms with van der Waals surface area (Å²) < 4.78 is 39.0. The van der Waals surface area contributed by atoms with Crippen molar-refractivity contribution in [1.29, 1.82) is 0 Å². The van der Waals surface area contributed by atoms with E-state index < -0.39 is 12.0 Å². The molecule has 32 heavy (non-hydrogen) atoms. The summed E-state index contributed by atoms with van der Waals surface area (Å²) in [6, 6.07) is 1.47. The molecule has 174 valence electrons. The minimum atomic E-state index is -2.62. The van der Waals surface area contributed by atoms with Crippen molar-refractivity contribution in [3.05, 3.63) is 23.5 Å². The van der Waals surface area contributed by atoms with Gasteiger partial charge in [0.05, 0.1) is 32.5 Å². The highest BCUT2D eigenvalue weighted by Crippen LogP contribution is 2.34. The summed E-state index contributed by atoms with van der Waals surface area (Å²) in [6.07, 6.45) is 1.32. The Morgan fingerprint density at radius 2 is 2.03 bits per heavy atom. The summed E-state index contributed by atoms with van der Waals surface area (Å²) >= 11 is 0. The third-order valence-electron chi connectivity index (χ3n) is 5.68. The summed E-state index contributed by atoms with van der Waals surface area (Å²) in [6.45, 7) is 2.32. The molecule has 0 atom stereocenters. The van der Waals surface area contributed by atoms with Crippen molar-refractivity contribution >= 4 is 11.9 Å². The quantitative estimate of drug-likeness (QED) is 0.686. The monoisotopic (exact) mass is 452 g/mol. The van der Waals surface area contributed by atoms with Crippen molar-refractivity contribution in [1.82, 2.24) is 24.6 Å². The number of halogens is 2. The van der Waals surface area contributed by atoms with Gasteiger partial charge in [-0.1, -0.05) is 0 Å². The maximum absolute atomic E-state index is 13.5. The Kier molecular flexibility index (Phi) is 6.13. The van der Waals surface area contributed by atoms with Gasteiger partial charge in [0.2, 0.25) is 11.8 Å². The number of nitrogens with zero attached hydrogens (tertiary/aromatic N) is 5. The number of amides is 1. The first-order chi connectivity index (χ1) is 15.3. The highest BCUT2D eigenvalue weighted by molar-refractivity contribution is 5.68. The lowest BCUT2D eigenvalue weighted by atomic mass is 9.92. The second kappa shape index (κ2) is 8.85. The van der Waals surface area contributed by atoms with Gasteiger partial charge in [0.1, 0.15) is 11.9 Å². The van der Waals surface area contributed by atoms with Crippen LogP contribution < -0.4 is 10.1 Å². The van der Waals surface area contributed by atoms with Crippen LogP contribution >= 0.6 is 0 Å². The van der Waals surface area contributed by atoms with Gasteiger partial charge in [-0.2, -0.15) is 15.1 Å². The van der Waals surface area contributed by atoms with Gasteiger partial charge in [-0.05, 0) is 25.3 Å². The van der Waals surface area contributed by atoms with E-state index in [1.165, 1.54) is 16.7 Å². The van der Waals surface area contributed by atoms with E-state index in [0.717, 1.165) is 5.56 Å². The van der Waals surface area contributed by atoms with Crippen LogP contribution in [0.15, 0.2) is 12.3 Å². The number of alkyl halides is 2. The minimum Gasteiger partial charge on any atom is -0.470 e. The molecule has 0 radical (unpaired) electrons. The van der Waals surface area contributed by atoms with Crippen LogP contribution in [0.4, 0.5) is 19.4 Å². The summed E-state index contributed by atoms with van der Waals surface area (Å²) in [5.74, 6) is -1.69. The van der Waals surface area contributed by atoms with Crippen LogP contribution in [0.3, 0.4) is 0 Å². The van der Waals surface area contributed by atoms with Crippen molar-refractivity contribution in [3.8, 4) is 11.8 Å². The second-order valence-electron chi connectivity index (χ2n) is 8.14. The molecule has 1 saturated carbocycles. The topological polar surface area (TPSA) is 115 Å². The van der Waals surface area contributed by atoms with E-state index in [4.69, 9.17) is 4.74 Å². The average molecular weight is 452 g/mol. The van der Waals surface area contributed by atoms with Gasteiger partial charge in [0.15, 0.2) is 0 Å². The number of hydrogen-bond donors (Lipinski definition) is 2. The van der Waals surface area contributed by atoms with Gasteiger partial charge in [-0.15, -0.1) is 0 Å². The molecule has 2 N–H and O–H groups in total. The van der Waals surface area contributed by atoms with Gasteiger partial charge in [0, 0.05) is 31.1 Å². The molecule has 1 aliphatic carbocycles. The smallest absolute Gasteiger partial charge is 0.409 e. The van der Waals surface area contributed by atoms with E-state index in [1.54, 1.807) is 12.3 Å². The number of aromatic nitrogens is 4. The second-order valence-corrected chi connectivity index (χ2v) is 8.14. The number of aliphatic hydroxyl groups is 1. The Labute approximate surface area is 183 Å².